The highest BCUT2D eigenvalue weighted by Crippen LogP contribution is 2.05. The number of carbonyl (C=O) groups is 2. The summed E-state index contributed by atoms with van der Waals surface area (Å²) in [5.41, 5.74) is -0.139. The molecular formula is C9H21NO3. The Hall–Kier alpha value is -0.740. The maximum atomic E-state index is 9.83. The molecule has 4 nitrogen and oxygen atoms in total. The third-order valence-electron chi connectivity index (χ3n) is 0.641. The van der Waals surface area contributed by atoms with E-state index in [0.717, 1.165) is 19.7 Å². The molecule has 0 amide bonds. The molecule has 4 heteroatoms. The average molecular weight is 191 g/mol. The van der Waals surface area contributed by atoms with Crippen LogP contribution in [0.5, 0.6) is 0 Å². The second-order valence-electron chi connectivity index (χ2n) is 3.21. The molecule has 0 aliphatic rings. The van der Waals surface area contributed by atoms with Crippen LogP contribution in [0.2, 0.25) is 0 Å². The Balaban J connectivity index is -0.000000131. The van der Waals surface area contributed by atoms with Crippen molar-refractivity contribution in [2.45, 2.75) is 20.8 Å². The lowest BCUT2D eigenvalue weighted by Crippen LogP contribution is -2.07. The number of hydrogen-bond acceptors (Lipinski definition) is 4. The van der Waals surface area contributed by atoms with Gasteiger partial charge in [-0.1, -0.05) is 20.8 Å². The average Bonchev–Trinajstić information content (AvgIpc) is 2.09. The molecule has 0 spiro atoms. The van der Waals surface area contributed by atoms with E-state index < -0.39 is 0 Å². The quantitative estimate of drug-likeness (QED) is 0.614. The highest BCUT2D eigenvalue weighted by atomic mass is 16.2. The molecule has 0 atom stereocenters. The van der Waals surface area contributed by atoms with Gasteiger partial charge in [0.15, 0.2) is 0 Å². The van der Waals surface area contributed by atoms with Gasteiger partial charge in [-0.15, -0.1) is 0 Å². The molecule has 0 radical (unpaired) electrons. The number of likely N-dealkylation sites (N-methyl/N-ethyl adjacent to an activating group) is 1. The molecule has 0 saturated heterocycles. The van der Waals surface area contributed by atoms with E-state index >= 15 is 0 Å². The smallest absolute Gasteiger partial charge is 0.133 e. The molecule has 80 valence electrons. The van der Waals surface area contributed by atoms with Crippen molar-refractivity contribution in [3.8, 4) is 0 Å². The van der Waals surface area contributed by atoms with Crippen molar-refractivity contribution in [3.05, 3.63) is 0 Å². The van der Waals surface area contributed by atoms with E-state index in [1.807, 2.05) is 20.8 Å². The fourth-order valence-corrected chi connectivity index (χ4v) is 0.0833. The number of nitrogens with one attached hydrogen (secondary N) is 1. The molecule has 0 aromatic carbocycles. The van der Waals surface area contributed by atoms with Crippen molar-refractivity contribution in [2.24, 2.45) is 5.41 Å². The standard InChI is InChI=1S/C5H10O.C3H7NO.CH4O/c1-5(2,3)4-6;1-4-2-3-5;1-2/h4H,1-3H3;3-4H,2H2,1H3;2H,1H3. The lowest BCUT2D eigenvalue weighted by Gasteiger charge is -2.03. The first-order valence-corrected chi connectivity index (χ1v) is 3.97. The predicted octanol–water partition coefficient (Wildman–Crippen LogP) is 0.245. The maximum Gasteiger partial charge on any atom is 0.133 e. The molecule has 0 heterocycles. The van der Waals surface area contributed by atoms with Crippen LogP contribution in [0.25, 0.3) is 0 Å². The highest BCUT2D eigenvalue weighted by molar-refractivity contribution is 5.56. The van der Waals surface area contributed by atoms with E-state index in [4.69, 9.17) is 5.11 Å². The van der Waals surface area contributed by atoms with Gasteiger partial charge in [-0.05, 0) is 7.05 Å². The fourth-order valence-electron chi connectivity index (χ4n) is 0.0833. The van der Waals surface area contributed by atoms with Crippen LogP contribution >= 0.6 is 0 Å². The Bertz CT molecular complexity index is 108. The van der Waals surface area contributed by atoms with Crippen LogP contribution in [-0.2, 0) is 9.59 Å². The normalized spacial score (nSPS) is 8.46. The zero-order chi connectivity index (χ0) is 11.3. The van der Waals surface area contributed by atoms with Crippen molar-refractivity contribution in [1.82, 2.24) is 5.32 Å². The lowest BCUT2D eigenvalue weighted by molar-refractivity contribution is -0.114. The van der Waals surface area contributed by atoms with Gasteiger partial charge >= 0.3 is 0 Å². The van der Waals surface area contributed by atoms with Gasteiger partial charge in [0.25, 0.3) is 0 Å². The van der Waals surface area contributed by atoms with Crippen LogP contribution in [0.4, 0.5) is 0 Å². The molecule has 13 heavy (non-hydrogen) atoms. The van der Waals surface area contributed by atoms with Crippen molar-refractivity contribution >= 4 is 12.6 Å². The van der Waals surface area contributed by atoms with Gasteiger partial charge in [-0.2, -0.15) is 0 Å². The van der Waals surface area contributed by atoms with E-state index in [1.165, 1.54) is 0 Å². The third kappa shape index (κ3) is 53.2. The minimum absolute atomic E-state index is 0.139. The minimum atomic E-state index is -0.139. The molecule has 0 aliphatic carbocycles. The molecule has 0 fully saturated rings. The summed E-state index contributed by atoms with van der Waals surface area (Å²) in [4.78, 5) is 19.2. The van der Waals surface area contributed by atoms with Crippen LogP contribution in [0.15, 0.2) is 0 Å². The largest absolute Gasteiger partial charge is 0.400 e. The summed E-state index contributed by atoms with van der Waals surface area (Å²) >= 11 is 0. The molecular weight excluding hydrogens is 170 g/mol. The second kappa shape index (κ2) is 13.8. The number of aldehydes is 2. The molecule has 0 bridgehead atoms. The predicted molar refractivity (Wildman–Crippen MR) is 53.7 cm³/mol. The summed E-state index contributed by atoms with van der Waals surface area (Å²) in [5.74, 6) is 0. The van der Waals surface area contributed by atoms with E-state index in [1.54, 1.807) is 7.05 Å². The third-order valence-corrected chi connectivity index (χ3v) is 0.641. The van der Waals surface area contributed by atoms with Crippen molar-refractivity contribution < 1.29 is 14.7 Å². The van der Waals surface area contributed by atoms with Crippen molar-refractivity contribution in [1.29, 1.82) is 0 Å². The minimum Gasteiger partial charge on any atom is -0.400 e. The van der Waals surface area contributed by atoms with Gasteiger partial charge in [-0.25, -0.2) is 0 Å². The zero-order valence-corrected chi connectivity index (χ0v) is 9.13. The molecule has 0 aromatic heterocycles. The van der Waals surface area contributed by atoms with Crippen LogP contribution in [0.1, 0.15) is 20.8 Å². The zero-order valence-electron chi connectivity index (χ0n) is 9.13. The van der Waals surface area contributed by atoms with E-state index in [0.29, 0.717) is 6.54 Å². The van der Waals surface area contributed by atoms with Gasteiger partial charge < -0.3 is 20.0 Å². The number of hydrogen-bond donors (Lipinski definition) is 2. The molecule has 0 aliphatic heterocycles. The SMILES string of the molecule is CC(C)(C)C=O.CNCC=O.CO. The molecule has 0 aromatic rings. The van der Waals surface area contributed by atoms with Crippen LogP contribution < -0.4 is 5.32 Å². The van der Waals surface area contributed by atoms with Gasteiger partial charge in [0.2, 0.25) is 0 Å². The number of carbonyl (C=O) groups excluding carboxylic acids is 2. The van der Waals surface area contributed by atoms with Crippen molar-refractivity contribution in [3.63, 3.8) is 0 Å². The van der Waals surface area contributed by atoms with Crippen LogP contribution in [0, 0.1) is 5.41 Å². The van der Waals surface area contributed by atoms with Gasteiger partial charge in [-0.3, -0.25) is 0 Å². The molecule has 0 unspecified atom stereocenters. The van der Waals surface area contributed by atoms with Crippen molar-refractivity contribution in [2.75, 3.05) is 20.7 Å². The number of rotatable bonds is 2. The summed E-state index contributed by atoms with van der Waals surface area (Å²) in [5, 5.41) is 9.65. The first-order valence-electron chi connectivity index (χ1n) is 3.97. The monoisotopic (exact) mass is 191 g/mol. The second-order valence-corrected chi connectivity index (χ2v) is 3.21. The maximum absolute atomic E-state index is 9.83. The van der Waals surface area contributed by atoms with Crippen LogP contribution in [-0.4, -0.2) is 38.4 Å². The summed E-state index contributed by atoms with van der Waals surface area (Å²) in [7, 11) is 2.73. The lowest BCUT2D eigenvalue weighted by atomic mass is 10.0. The first-order chi connectivity index (χ1) is 5.97. The summed E-state index contributed by atoms with van der Waals surface area (Å²) < 4.78 is 0. The number of aliphatic hydroxyl groups excluding tert-OH is 1. The highest BCUT2D eigenvalue weighted by Gasteiger charge is 2.04. The van der Waals surface area contributed by atoms with Gasteiger partial charge in [0, 0.05) is 12.5 Å². The molecule has 0 saturated carbocycles. The topological polar surface area (TPSA) is 66.4 Å². The first kappa shape index (κ1) is 18.1. The van der Waals surface area contributed by atoms with Gasteiger partial charge in [0.1, 0.15) is 12.6 Å². The Kier molecular flexibility index (Phi) is 19.3. The van der Waals surface area contributed by atoms with E-state index in [2.05, 4.69) is 5.32 Å². The Labute approximate surface area is 80.3 Å². The summed E-state index contributed by atoms with van der Waals surface area (Å²) in [6.07, 6.45) is 1.76. The summed E-state index contributed by atoms with van der Waals surface area (Å²) in [6, 6.07) is 0. The fraction of sp³-hybridized carbons (Fsp3) is 0.778. The summed E-state index contributed by atoms with van der Waals surface area (Å²) in [6.45, 7) is 6.08. The Morgan fingerprint density at radius 3 is 1.54 bits per heavy atom. The van der Waals surface area contributed by atoms with E-state index in [-0.39, 0.29) is 5.41 Å². The Morgan fingerprint density at radius 2 is 1.54 bits per heavy atom. The van der Waals surface area contributed by atoms with E-state index in [9.17, 15) is 9.59 Å². The molecule has 0 rings (SSSR count). The Morgan fingerprint density at radius 1 is 1.23 bits per heavy atom. The van der Waals surface area contributed by atoms with Crippen LogP contribution in [0.3, 0.4) is 0 Å². The number of aliphatic hydroxyl groups is 1. The molecule has 2 N–H and O–H groups in total. The van der Waals surface area contributed by atoms with Gasteiger partial charge in [0.05, 0.1) is 6.54 Å².